The number of methoxy groups -OCH3 is 1. The summed E-state index contributed by atoms with van der Waals surface area (Å²) in [6.45, 7) is 4.82. The average Bonchev–Trinajstić information content (AvgIpc) is 2.98. The highest BCUT2D eigenvalue weighted by Gasteiger charge is 2.12. The molecule has 0 aliphatic heterocycles. The molecule has 110 valence electrons. The molecular weight excluding hydrogens is 350 g/mol. The maximum absolute atomic E-state index is 5.47. The van der Waals surface area contributed by atoms with Gasteiger partial charge in [-0.05, 0) is 31.5 Å². The number of fused-ring (bicyclic) bond motifs is 1. The minimum absolute atomic E-state index is 0.711. The fourth-order valence-corrected chi connectivity index (χ4v) is 3.76. The van der Waals surface area contributed by atoms with E-state index in [9.17, 15) is 0 Å². The van der Waals surface area contributed by atoms with Crippen molar-refractivity contribution < 1.29 is 4.74 Å². The van der Waals surface area contributed by atoms with Gasteiger partial charge in [0.2, 0.25) is 0 Å². The second-order valence-corrected chi connectivity index (χ2v) is 6.64. The second-order valence-electron chi connectivity index (χ2n) is 4.85. The number of hydrogen-bond donors (Lipinski definition) is 1. The number of aromatic nitrogens is 2. The highest BCUT2D eigenvalue weighted by Crippen LogP contribution is 2.32. The molecule has 6 heteroatoms. The lowest BCUT2D eigenvalue weighted by Gasteiger charge is -2.14. The molecule has 0 fully saturated rings. The van der Waals surface area contributed by atoms with Gasteiger partial charge in [-0.25, -0.2) is 4.98 Å². The van der Waals surface area contributed by atoms with Crippen molar-refractivity contribution in [1.29, 1.82) is 0 Å². The number of imidazole rings is 1. The van der Waals surface area contributed by atoms with E-state index in [0.717, 1.165) is 32.1 Å². The van der Waals surface area contributed by atoms with Crippen molar-refractivity contribution in [3.8, 4) is 5.75 Å². The van der Waals surface area contributed by atoms with Gasteiger partial charge in [0.1, 0.15) is 5.75 Å². The van der Waals surface area contributed by atoms with Gasteiger partial charge < -0.3 is 10.1 Å². The lowest BCUT2D eigenvalue weighted by atomic mass is 10.2. The van der Waals surface area contributed by atoms with Crippen LogP contribution in [-0.4, -0.2) is 16.5 Å². The lowest BCUT2D eigenvalue weighted by Crippen LogP contribution is -2.06. The van der Waals surface area contributed by atoms with Gasteiger partial charge in [0.25, 0.3) is 0 Å². The number of nitrogens with zero attached hydrogens (tertiary/aromatic N) is 2. The van der Waals surface area contributed by atoms with Crippen LogP contribution in [0.2, 0.25) is 0 Å². The topological polar surface area (TPSA) is 38.6 Å². The molecule has 0 saturated heterocycles. The average molecular weight is 366 g/mol. The number of halogens is 1. The summed E-state index contributed by atoms with van der Waals surface area (Å²) in [5.41, 5.74) is 4.40. The van der Waals surface area contributed by atoms with Crippen LogP contribution in [0.4, 0.5) is 5.69 Å². The third-order valence-electron chi connectivity index (χ3n) is 3.48. The largest absolute Gasteiger partial charge is 0.495 e. The number of ether oxygens (including phenoxy) is 1. The van der Waals surface area contributed by atoms with E-state index in [-0.39, 0.29) is 0 Å². The van der Waals surface area contributed by atoms with Gasteiger partial charge in [-0.15, -0.1) is 11.3 Å². The van der Waals surface area contributed by atoms with Crippen molar-refractivity contribution in [3.05, 3.63) is 45.1 Å². The maximum atomic E-state index is 5.47. The van der Waals surface area contributed by atoms with Crippen LogP contribution in [0.5, 0.6) is 5.75 Å². The molecule has 0 aliphatic rings. The van der Waals surface area contributed by atoms with Crippen LogP contribution in [0.3, 0.4) is 0 Å². The van der Waals surface area contributed by atoms with Gasteiger partial charge in [-0.1, -0.05) is 15.9 Å². The Morgan fingerprint density at radius 3 is 2.95 bits per heavy atom. The Morgan fingerprint density at radius 2 is 2.19 bits per heavy atom. The minimum Gasteiger partial charge on any atom is -0.495 e. The first kappa shape index (κ1) is 14.4. The Kier molecular flexibility index (Phi) is 3.91. The predicted octanol–water partition coefficient (Wildman–Crippen LogP) is 4.40. The summed E-state index contributed by atoms with van der Waals surface area (Å²) >= 11 is 5.15. The molecule has 2 aromatic heterocycles. The Bertz CT molecular complexity index is 794. The zero-order chi connectivity index (χ0) is 15.0. The summed E-state index contributed by atoms with van der Waals surface area (Å²) in [5.74, 6) is 0.839. The fraction of sp³-hybridized carbons (Fsp3) is 0.267. The molecule has 3 rings (SSSR count). The second kappa shape index (κ2) is 5.69. The van der Waals surface area contributed by atoms with Crippen molar-refractivity contribution in [3.63, 3.8) is 0 Å². The third-order valence-corrected chi connectivity index (χ3v) is 4.69. The summed E-state index contributed by atoms with van der Waals surface area (Å²) in [6, 6.07) is 4.05. The summed E-state index contributed by atoms with van der Waals surface area (Å²) in [7, 11) is 1.69. The molecule has 0 saturated carbocycles. The molecule has 0 atom stereocenters. The van der Waals surface area contributed by atoms with E-state index >= 15 is 0 Å². The van der Waals surface area contributed by atoms with Crippen LogP contribution in [0.25, 0.3) is 4.96 Å². The normalized spacial score (nSPS) is 11.0. The smallest absolute Gasteiger partial charge is 0.194 e. The zero-order valence-electron chi connectivity index (χ0n) is 12.1. The Hall–Kier alpha value is -1.53. The highest BCUT2D eigenvalue weighted by molar-refractivity contribution is 9.10. The fourth-order valence-electron chi connectivity index (χ4n) is 2.43. The van der Waals surface area contributed by atoms with E-state index in [1.54, 1.807) is 18.4 Å². The van der Waals surface area contributed by atoms with E-state index in [1.165, 1.54) is 5.69 Å². The quantitative estimate of drug-likeness (QED) is 0.744. The lowest BCUT2D eigenvalue weighted by molar-refractivity contribution is 0.416. The van der Waals surface area contributed by atoms with Gasteiger partial charge >= 0.3 is 0 Å². The molecule has 3 aromatic rings. The van der Waals surface area contributed by atoms with E-state index < -0.39 is 0 Å². The molecule has 2 heterocycles. The predicted molar refractivity (Wildman–Crippen MR) is 90.6 cm³/mol. The van der Waals surface area contributed by atoms with Crippen LogP contribution < -0.4 is 10.1 Å². The van der Waals surface area contributed by atoms with Gasteiger partial charge in [-0.2, -0.15) is 0 Å². The first-order valence-corrected chi connectivity index (χ1v) is 8.26. The van der Waals surface area contributed by atoms with Crippen molar-refractivity contribution >= 4 is 37.9 Å². The Balaban J connectivity index is 1.91. The first-order chi connectivity index (χ1) is 10.1. The number of aryl methyl sites for hydroxylation is 2. The van der Waals surface area contributed by atoms with Crippen molar-refractivity contribution in [1.82, 2.24) is 9.38 Å². The first-order valence-electron chi connectivity index (χ1n) is 6.59. The Labute approximate surface area is 135 Å². The summed E-state index contributed by atoms with van der Waals surface area (Å²) in [4.78, 5) is 5.60. The molecular formula is C15H16BrN3OS. The molecule has 0 spiro atoms. The molecule has 1 N–H and O–H groups in total. The number of anilines is 1. The van der Waals surface area contributed by atoms with E-state index in [0.29, 0.717) is 6.54 Å². The number of rotatable bonds is 4. The summed E-state index contributed by atoms with van der Waals surface area (Å²) in [6.07, 6.45) is 2.06. The van der Waals surface area contributed by atoms with E-state index in [2.05, 4.69) is 55.2 Å². The molecule has 0 amide bonds. The highest BCUT2D eigenvalue weighted by atomic mass is 79.9. The van der Waals surface area contributed by atoms with E-state index in [1.807, 2.05) is 13.0 Å². The Morgan fingerprint density at radius 1 is 1.38 bits per heavy atom. The summed E-state index contributed by atoms with van der Waals surface area (Å²) < 4.78 is 8.62. The van der Waals surface area contributed by atoms with Crippen molar-refractivity contribution in [2.75, 3.05) is 12.4 Å². The van der Waals surface area contributed by atoms with Gasteiger partial charge in [0, 0.05) is 16.0 Å². The van der Waals surface area contributed by atoms with Crippen LogP contribution in [-0.2, 0) is 6.54 Å². The SMILES string of the molecule is COc1cc(Br)cc(C)c1NCc1c(C)nc2sccn12. The molecule has 0 bridgehead atoms. The van der Waals surface area contributed by atoms with Crippen LogP contribution in [0.15, 0.2) is 28.2 Å². The number of nitrogens with one attached hydrogen (secondary N) is 1. The minimum atomic E-state index is 0.711. The molecule has 0 radical (unpaired) electrons. The summed E-state index contributed by atoms with van der Waals surface area (Å²) in [5, 5.41) is 5.54. The number of hydrogen-bond acceptors (Lipinski definition) is 4. The van der Waals surface area contributed by atoms with Crippen LogP contribution in [0, 0.1) is 13.8 Å². The van der Waals surface area contributed by atoms with Gasteiger partial charge in [0.05, 0.1) is 30.7 Å². The van der Waals surface area contributed by atoms with E-state index in [4.69, 9.17) is 4.74 Å². The maximum Gasteiger partial charge on any atom is 0.194 e. The van der Waals surface area contributed by atoms with Crippen LogP contribution >= 0.6 is 27.3 Å². The molecule has 0 unspecified atom stereocenters. The number of benzene rings is 1. The number of thiazole rings is 1. The van der Waals surface area contributed by atoms with Crippen molar-refractivity contribution in [2.45, 2.75) is 20.4 Å². The third kappa shape index (κ3) is 2.65. The molecule has 4 nitrogen and oxygen atoms in total. The van der Waals surface area contributed by atoms with Crippen molar-refractivity contribution in [2.24, 2.45) is 0 Å². The monoisotopic (exact) mass is 365 g/mol. The van der Waals surface area contributed by atoms with Crippen LogP contribution in [0.1, 0.15) is 17.0 Å². The molecule has 21 heavy (non-hydrogen) atoms. The molecule has 0 aliphatic carbocycles. The van der Waals surface area contributed by atoms with Gasteiger partial charge in [0.15, 0.2) is 4.96 Å². The molecule has 1 aromatic carbocycles. The zero-order valence-corrected chi connectivity index (χ0v) is 14.5. The van der Waals surface area contributed by atoms with Gasteiger partial charge in [-0.3, -0.25) is 4.40 Å². The standard InChI is InChI=1S/C15H16BrN3OS/c1-9-6-11(16)7-13(20-3)14(9)17-8-12-10(2)18-15-19(12)4-5-21-15/h4-7,17H,8H2,1-3H3.